The fourth-order valence-corrected chi connectivity index (χ4v) is 1.82. The molecule has 1 heterocycles. The highest BCUT2D eigenvalue weighted by molar-refractivity contribution is 5.85. The van der Waals surface area contributed by atoms with Gasteiger partial charge in [-0.05, 0) is 12.1 Å². The Morgan fingerprint density at radius 1 is 1.27 bits per heavy atom. The first-order chi connectivity index (χ1) is 9.94. The molecule has 0 aliphatic rings. The van der Waals surface area contributed by atoms with Crippen LogP contribution in [-0.4, -0.2) is 22.5 Å². The third kappa shape index (κ3) is 4.00. The lowest BCUT2D eigenvalue weighted by Gasteiger charge is -2.09. The van der Waals surface area contributed by atoms with Crippen LogP contribution in [0.4, 0.5) is 19.1 Å². The molecule has 0 saturated heterocycles. The number of nitrogens with zero attached hydrogens (tertiary/aromatic N) is 2. The summed E-state index contributed by atoms with van der Waals surface area (Å²) in [5.41, 5.74) is 0.911. The number of fused-ring (bicyclic) bond motifs is 1. The van der Waals surface area contributed by atoms with Gasteiger partial charge in [0.05, 0.1) is 24.1 Å². The summed E-state index contributed by atoms with van der Waals surface area (Å²) < 4.78 is 42.2. The fourth-order valence-electron chi connectivity index (χ4n) is 1.82. The molecule has 0 saturated carbocycles. The Bertz CT molecular complexity index is 741. The molecule has 116 valence electrons. The zero-order valence-electron chi connectivity index (χ0n) is 11.1. The fraction of sp³-hybridized carbons (Fsp3) is 0.214. The molecule has 0 amide bonds. The number of hydrogen-bond donors (Lipinski definition) is 1. The van der Waals surface area contributed by atoms with Crippen molar-refractivity contribution in [2.24, 2.45) is 0 Å². The lowest BCUT2D eigenvalue weighted by Crippen LogP contribution is -2.17. The second-order valence-electron chi connectivity index (χ2n) is 3.98. The van der Waals surface area contributed by atoms with E-state index < -0.39 is 6.36 Å². The van der Waals surface area contributed by atoms with Crippen LogP contribution < -0.4 is 10.1 Å². The van der Waals surface area contributed by atoms with E-state index in [2.05, 4.69) is 26.9 Å². The number of ether oxygens (including phenoxy) is 1. The standard InChI is InChI=1S/C14H10F3N3O.ClH/c1-3-7-18-13-19-11-6-5-10(21-14(15,16)17)9-12(11)20(13)8-4-2;/h1-2,5-6,9H,7-8H2,(H,18,19);1H. The summed E-state index contributed by atoms with van der Waals surface area (Å²) in [6.07, 6.45) is 5.67. The lowest BCUT2D eigenvalue weighted by molar-refractivity contribution is -0.274. The Hall–Kier alpha value is -2.51. The first-order valence-electron chi connectivity index (χ1n) is 5.81. The molecule has 1 aromatic carbocycles. The topological polar surface area (TPSA) is 39.1 Å². The monoisotopic (exact) mass is 329 g/mol. The highest BCUT2D eigenvalue weighted by Gasteiger charge is 2.31. The van der Waals surface area contributed by atoms with E-state index in [0.29, 0.717) is 17.0 Å². The first-order valence-corrected chi connectivity index (χ1v) is 5.81. The molecular formula is C14H11ClF3N3O. The molecular weight excluding hydrogens is 319 g/mol. The number of rotatable bonds is 4. The Kier molecular flexibility index (Phi) is 5.56. The zero-order chi connectivity index (χ0) is 15.5. The van der Waals surface area contributed by atoms with Crippen molar-refractivity contribution >= 4 is 29.4 Å². The van der Waals surface area contributed by atoms with Crippen molar-refractivity contribution in [3.63, 3.8) is 0 Å². The summed E-state index contributed by atoms with van der Waals surface area (Å²) >= 11 is 0. The van der Waals surface area contributed by atoms with Crippen LogP contribution in [0.5, 0.6) is 5.75 Å². The number of alkyl halides is 3. The van der Waals surface area contributed by atoms with Gasteiger partial charge < -0.3 is 10.1 Å². The number of anilines is 1. The Labute approximate surface area is 131 Å². The van der Waals surface area contributed by atoms with Crippen LogP contribution in [0.15, 0.2) is 18.2 Å². The van der Waals surface area contributed by atoms with Crippen molar-refractivity contribution in [1.82, 2.24) is 9.55 Å². The van der Waals surface area contributed by atoms with E-state index in [4.69, 9.17) is 12.8 Å². The summed E-state index contributed by atoms with van der Waals surface area (Å²) in [7, 11) is 0. The predicted molar refractivity (Wildman–Crippen MR) is 79.8 cm³/mol. The lowest BCUT2D eigenvalue weighted by atomic mass is 10.3. The van der Waals surface area contributed by atoms with Gasteiger partial charge in [-0.15, -0.1) is 38.4 Å². The molecule has 0 unspecified atom stereocenters. The van der Waals surface area contributed by atoms with E-state index in [0.717, 1.165) is 0 Å². The summed E-state index contributed by atoms with van der Waals surface area (Å²) in [6.45, 7) is 0.360. The van der Waals surface area contributed by atoms with Gasteiger partial charge in [0.2, 0.25) is 5.95 Å². The number of nitrogens with one attached hydrogen (secondary N) is 1. The maximum absolute atomic E-state index is 12.3. The average Bonchev–Trinajstić information content (AvgIpc) is 2.73. The van der Waals surface area contributed by atoms with Crippen LogP contribution >= 0.6 is 12.4 Å². The number of halogens is 4. The summed E-state index contributed by atoms with van der Waals surface area (Å²) in [4.78, 5) is 4.23. The Morgan fingerprint density at radius 3 is 2.59 bits per heavy atom. The number of imidazole rings is 1. The second-order valence-corrected chi connectivity index (χ2v) is 3.98. The van der Waals surface area contributed by atoms with Gasteiger partial charge in [-0.25, -0.2) is 4.98 Å². The van der Waals surface area contributed by atoms with Crippen LogP contribution in [0.1, 0.15) is 0 Å². The van der Waals surface area contributed by atoms with Crippen LogP contribution in [0, 0.1) is 24.7 Å². The predicted octanol–water partition coefficient (Wildman–Crippen LogP) is 3.04. The minimum atomic E-state index is -4.75. The van der Waals surface area contributed by atoms with Gasteiger partial charge in [-0.2, -0.15) is 0 Å². The van der Waals surface area contributed by atoms with Crippen LogP contribution in [0.2, 0.25) is 0 Å². The Morgan fingerprint density at radius 2 is 2.00 bits per heavy atom. The quantitative estimate of drug-likeness (QED) is 0.876. The van der Waals surface area contributed by atoms with E-state index in [1.807, 2.05) is 0 Å². The van der Waals surface area contributed by atoms with Gasteiger partial charge in [-0.3, -0.25) is 4.57 Å². The first kappa shape index (κ1) is 17.5. The number of benzene rings is 1. The summed E-state index contributed by atoms with van der Waals surface area (Å²) in [5.74, 6) is 4.85. The third-order valence-electron chi connectivity index (χ3n) is 2.55. The largest absolute Gasteiger partial charge is 0.573 e. The van der Waals surface area contributed by atoms with Crippen LogP contribution in [0.3, 0.4) is 0 Å². The summed E-state index contributed by atoms with van der Waals surface area (Å²) in [6, 6.07) is 3.84. The zero-order valence-corrected chi connectivity index (χ0v) is 12.0. The van der Waals surface area contributed by atoms with Gasteiger partial charge in [-0.1, -0.05) is 11.8 Å². The molecule has 1 N–H and O–H groups in total. The molecule has 4 nitrogen and oxygen atoms in total. The third-order valence-corrected chi connectivity index (χ3v) is 2.55. The van der Waals surface area contributed by atoms with Gasteiger partial charge in [0.15, 0.2) is 0 Å². The van der Waals surface area contributed by atoms with Gasteiger partial charge in [0.1, 0.15) is 5.75 Å². The molecule has 1 aromatic heterocycles. The molecule has 22 heavy (non-hydrogen) atoms. The number of aromatic nitrogens is 2. The van der Waals surface area contributed by atoms with Crippen molar-refractivity contribution in [3.8, 4) is 30.4 Å². The van der Waals surface area contributed by atoms with Crippen molar-refractivity contribution in [2.45, 2.75) is 12.9 Å². The minimum Gasteiger partial charge on any atom is -0.406 e. The molecule has 0 fully saturated rings. The SMILES string of the molecule is C#CCNc1nc2ccc(OC(F)(F)F)cc2n1CC#C.Cl. The molecule has 8 heteroatoms. The van der Waals surface area contributed by atoms with Crippen LogP contribution in [0.25, 0.3) is 11.0 Å². The molecule has 0 bridgehead atoms. The van der Waals surface area contributed by atoms with Crippen LogP contribution in [-0.2, 0) is 6.54 Å². The number of terminal acetylenes is 2. The van der Waals surface area contributed by atoms with E-state index >= 15 is 0 Å². The highest BCUT2D eigenvalue weighted by atomic mass is 35.5. The smallest absolute Gasteiger partial charge is 0.406 e. The van der Waals surface area contributed by atoms with E-state index in [1.165, 1.54) is 18.2 Å². The molecule has 0 aliphatic carbocycles. The van der Waals surface area contributed by atoms with Crippen molar-refractivity contribution < 1.29 is 17.9 Å². The van der Waals surface area contributed by atoms with E-state index in [-0.39, 0.29) is 31.2 Å². The molecule has 0 radical (unpaired) electrons. The highest BCUT2D eigenvalue weighted by Crippen LogP contribution is 2.28. The maximum atomic E-state index is 12.3. The summed E-state index contributed by atoms with van der Waals surface area (Å²) in [5, 5.41) is 2.86. The maximum Gasteiger partial charge on any atom is 0.573 e. The molecule has 2 aromatic rings. The van der Waals surface area contributed by atoms with Gasteiger partial charge in [0, 0.05) is 6.07 Å². The normalized spacial score (nSPS) is 10.4. The number of hydrogen-bond acceptors (Lipinski definition) is 3. The van der Waals surface area contributed by atoms with E-state index in [9.17, 15) is 13.2 Å². The van der Waals surface area contributed by atoms with Gasteiger partial charge in [0.25, 0.3) is 0 Å². The average molecular weight is 330 g/mol. The molecule has 0 atom stereocenters. The van der Waals surface area contributed by atoms with Crippen molar-refractivity contribution in [2.75, 3.05) is 11.9 Å². The van der Waals surface area contributed by atoms with Gasteiger partial charge >= 0.3 is 6.36 Å². The molecule has 0 spiro atoms. The van der Waals surface area contributed by atoms with Crippen molar-refractivity contribution in [3.05, 3.63) is 18.2 Å². The molecule has 0 aliphatic heterocycles. The van der Waals surface area contributed by atoms with E-state index in [1.54, 1.807) is 4.57 Å². The Balaban J connectivity index is 0.00000242. The van der Waals surface area contributed by atoms with Crippen molar-refractivity contribution in [1.29, 1.82) is 0 Å². The second kappa shape index (κ2) is 6.97. The molecule has 2 rings (SSSR count). The minimum absolute atomic E-state index is 0.